The standard InChI is InChI=1S/C64H41NO/c1-2-14-48-40-49(29-28-42(48)12-1)45-26-24-43(25-27-45)44-30-35-51(36-31-44)65(52-37-32-47(33-38-52)60-41-50-15-4-5-16-53(50)55-18-7-8-19-56(55)60)61-22-10-9-20-57(61)58-21-11-23-62-63(58)59-39-34-46-13-3-6-17-54(46)64(59)66-62/h1-41H. The van der Waals surface area contributed by atoms with Crippen molar-refractivity contribution in [2.24, 2.45) is 0 Å². The van der Waals surface area contributed by atoms with Crippen LogP contribution in [0.5, 0.6) is 0 Å². The molecule has 1 aromatic heterocycles. The van der Waals surface area contributed by atoms with Crippen LogP contribution in [0, 0.1) is 0 Å². The lowest BCUT2D eigenvalue weighted by Crippen LogP contribution is -2.11. The van der Waals surface area contributed by atoms with Crippen molar-refractivity contribution >= 4 is 82.1 Å². The highest BCUT2D eigenvalue weighted by Crippen LogP contribution is 2.46. The lowest BCUT2D eigenvalue weighted by atomic mass is 9.93. The van der Waals surface area contributed by atoms with Crippen LogP contribution in [-0.4, -0.2) is 0 Å². The molecule has 2 heteroatoms. The van der Waals surface area contributed by atoms with Gasteiger partial charge in [-0.2, -0.15) is 0 Å². The molecule has 2 nitrogen and oxygen atoms in total. The average Bonchev–Trinajstić information content (AvgIpc) is 3.79. The van der Waals surface area contributed by atoms with Gasteiger partial charge < -0.3 is 9.32 Å². The molecule has 308 valence electrons. The molecule has 13 rings (SSSR count). The van der Waals surface area contributed by atoms with E-state index in [1.165, 1.54) is 65.5 Å². The van der Waals surface area contributed by atoms with E-state index < -0.39 is 0 Å². The van der Waals surface area contributed by atoms with Gasteiger partial charge in [0.2, 0.25) is 0 Å². The summed E-state index contributed by atoms with van der Waals surface area (Å²) in [6.45, 7) is 0. The maximum atomic E-state index is 6.70. The van der Waals surface area contributed by atoms with Gasteiger partial charge in [0.1, 0.15) is 11.2 Å². The van der Waals surface area contributed by atoms with Crippen molar-refractivity contribution in [3.63, 3.8) is 0 Å². The fraction of sp³-hybridized carbons (Fsp3) is 0. The number of fused-ring (bicyclic) bond motifs is 9. The number of anilines is 3. The van der Waals surface area contributed by atoms with Gasteiger partial charge in [0.05, 0.1) is 5.69 Å². The highest BCUT2D eigenvalue weighted by Gasteiger charge is 2.21. The Balaban J connectivity index is 0.937. The third-order valence-electron chi connectivity index (χ3n) is 13.5. The summed E-state index contributed by atoms with van der Waals surface area (Å²) in [5.74, 6) is 0. The van der Waals surface area contributed by atoms with Gasteiger partial charge in [0.15, 0.2) is 0 Å². The molecule has 0 aliphatic heterocycles. The summed E-state index contributed by atoms with van der Waals surface area (Å²) in [5, 5.41) is 12.1. The molecule has 0 unspecified atom stereocenters. The first-order valence-corrected chi connectivity index (χ1v) is 22.7. The maximum absolute atomic E-state index is 6.70. The number of hydrogen-bond donors (Lipinski definition) is 0. The Morgan fingerprint density at radius 2 is 0.803 bits per heavy atom. The fourth-order valence-corrected chi connectivity index (χ4v) is 10.2. The third kappa shape index (κ3) is 6.34. The van der Waals surface area contributed by atoms with Crippen molar-refractivity contribution in [2.75, 3.05) is 4.90 Å². The summed E-state index contributed by atoms with van der Waals surface area (Å²) in [4.78, 5) is 2.40. The van der Waals surface area contributed by atoms with Crippen molar-refractivity contribution in [2.45, 2.75) is 0 Å². The highest BCUT2D eigenvalue weighted by atomic mass is 16.3. The minimum Gasteiger partial charge on any atom is -0.455 e. The number of benzene rings is 12. The Morgan fingerprint density at radius 3 is 1.56 bits per heavy atom. The predicted molar refractivity (Wildman–Crippen MR) is 280 cm³/mol. The van der Waals surface area contributed by atoms with E-state index in [9.17, 15) is 0 Å². The van der Waals surface area contributed by atoms with Gasteiger partial charge in [-0.15, -0.1) is 0 Å². The molecule has 12 aromatic carbocycles. The zero-order valence-electron chi connectivity index (χ0n) is 36.0. The molecule has 0 N–H and O–H groups in total. The van der Waals surface area contributed by atoms with Gasteiger partial charge in [0, 0.05) is 33.1 Å². The van der Waals surface area contributed by atoms with E-state index in [4.69, 9.17) is 4.42 Å². The lowest BCUT2D eigenvalue weighted by Gasteiger charge is -2.28. The summed E-state index contributed by atoms with van der Waals surface area (Å²) >= 11 is 0. The second kappa shape index (κ2) is 15.5. The van der Waals surface area contributed by atoms with Crippen LogP contribution < -0.4 is 4.90 Å². The monoisotopic (exact) mass is 839 g/mol. The molecule has 0 fully saturated rings. The number of nitrogens with zero attached hydrogens (tertiary/aromatic N) is 1. The first-order chi connectivity index (χ1) is 32.7. The lowest BCUT2D eigenvalue weighted by molar-refractivity contribution is 0.673. The minimum absolute atomic E-state index is 0.878. The molecule has 1 heterocycles. The van der Waals surface area contributed by atoms with E-state index in [-0.39, 0.29) is 0 Å². The smallest absolute Gasteiger partial charge is 0.143 e. The Morgan fingerprint density at radius 1 is 0.273 bits per heavy atom. The molecule has 13 aromatic rings. The predicted octanol–water partition coefficient (Wildman–Crippen LogP) is 18.3. The first kappa shape index (κ1) is 37.8. The summed E-state index contributed by atoms with van der Waals surface area (Å²) in [6, 6.07) is 90.2. The topological polar surface area (TPSA) is 16.4 Å². The van der Waals surface area contributed by atoms with Gasteiger partial charge in [-0.05, 0) is 131 Å². The van der Waals surface area contributed by atoms with Crippen molar-refractivity contribution in [3.05, 3.63) is 249 Å². The van der Waals surface area contributed by atoms with Crippen molar-refractivity contribution < 1.29 is 4.42 Å². The normalized spacial score (nSPS) is 11.6. The van der Waals surface area contributed by atoms with Crippen LogP contribution in [0.2, 0.25) is 0 Å². The molecule has 66 heavy (non-hydrogen) atoms. The van der Waals surface area contributed by atoms with E-state index in [0.29, 0.717) is 0 Å². The van der Waals surface area contributed by atoms with Crippen LogP contribution in [0.1, 0.15) is 0 Å². The van der Waals surface area contributed by atoms with E-state index in [1.54, 1.807) is 0 Å². The maximum Gasteiger partial charge on any atom is 0.143 e. The van der Waals surface area contributed by atoms with E-state index in [1.807, 2.05) is 0 Å². The van der Waals surface area contributed by atoms with Crippen LogP contribution in [0.4, 0.5) is 17.1 Å². The second-order valence-corrected chi connectivity index (χ2v) is 17.2. The van der Waals surface area contributed by atoms with E-state index in [2.05, 4.69) is 254 Å². The summed E-state index contributed by atoms with van der Waals surface area (Å²) in [5.41, 5.74) is 14.4. The first-order valence-electron chi connectivity index (χ1n) is 22.7. The number of hydrogen-bond acceptors (Lipinski definition) is 2. The van der Waals surface area contributed by atoms with Crippen molar-refractivity contribution in [3.8, 4) is 44.5 Å². The van der Waals surface area contributed by atoms with Gasteiger partial charge >= 0.3 is 0 Å². The Kier molecular flexibility index (Phi) is 8.89. The molecule has 0 spiro atoms. The molecule has 0 radical (unpaired) electrons. The molecule has 0 amide bonds. The largest absolute Gasteiger partial charge is 0.455 e. The Hall–Kier alpha value is -8.72. The molecule has 0 bridgehead atoms. The number of rotatable bonds is 7. The summed E-state index contributed by atoms with van der Waals surface area (Å²) in [6.07, 6.45) is 0. The van der Waals surface area contributed by atoms with Crippen molar-refractivity contribution in [1.82, 2.24) is 0 Å². The SMILES string of the molecule is c1ccc(N(c2ccc(-c3ccc(-c4ccc5ccccc5c4)cc3)cc2)c2ccc(-c3cc4ccccc4c4ccccc34)cc2)c(-c2cccc3oc4c5ccccc5ccc4c23)c1. The molecule has 0 saturated carbocycles. The third-order valence-corrected chi connectivity index (χ3v) is 13.5. The zero-order valence-corrected chi connectivity index (χ0v) is 36.0. The Bertz CT molecular complexity index is 3970. The van der Waals surface area contributed by atoms with Crippen molar-refractivity contribution in [1.29, 1.82) is 0 Å². The van der Waals surface area contributed by atoms with Crippen LogP contribution >= 0.6 is 0 Å². The minimum atomic E-state index is 0.878. The molecular weight excluding hydrogens is 799 g/mol. The van der Waals surface area contributed by atoms with Gasteiger partial charge in [-0.1, -0.05) is 194 Å². The van der Waals surface area contributed by atoms with Gasteiger partial charge in [0.25, 0.3) is 0 Å². The van der Waals surface area contributed by atoms with Crippen LogP contribution in [-0.2, 0) is 0 Å². The molecule has 0 saturated heterocycles. The fourth-order valence-electron chi connectivity index (χ4n) is 10.2. The molecular formula is C64H41NO. The quantitative estimate of drug-likeness (QED) is 0.149. The van der Waals surface area contributed by atoms with E-state index >= 15 is 0 Å². The average molecular weight is 840 g/mol. The summed E-state index contributed by atoms with van der Waals surface area (Å²) in [7, 11) is 0. The number of para-hydroxylation sites is 1. The number of furan rings is 1. The highest BCUT2D eigenvalue weighted by molar-refractivity contribution is 6.20. The van der Waals surface area contributed by atoms with Crippen LogP contribution in [0.15, 0.2) is 253 Å². The Labute approximate surface area is 382 Å². The van der Waals surface area contributed by atoms with Gasteiger partial charge in [-0.25, -0.2) is 0 Å². The van der Waals surface area contributed by atoms with E-state index in [0.717, 1.165) is 61.1 Å². The molecule has 0 aliphatic rings. The van der Waals surface area contributed by atoms with Gasteiger partial charge in [-0.3, -0.25) is 0 Å². The van der Waals surface area contributed by atoms with Crippen LogP contribution in [0.3, 0.4) is 0 Å². The molecule has 0 atom stereocenters. The zero-order chi connectivity index (χ0) is 43.6. The van der Waals surface area contributed by atoms with Crippen LogP contribution in [0.25, 0.3) is 110 Å². The molecule has 0 aliphatic carbocycles. The summed E-state index contributed by atoms with van der Waals surface area (Å²) < 4.78 is 6.70. The second-order valence-electron chi connectivity index (χ2n) is 17.2.